The Kier molecular flexibility index (Phi) is 11.4. The fraction of sp³-hybridized carbons (Fsp3) is 0.524. The molecule has 0 unspecified atom stereocenters. The Balaban J connectivity index is 2.54. The minimum absolute atomic E-state index is 0.0136. The number of carbonyl (C=O) groups is 4. The first kappa shape index (κ1) is 26.5. The van der Waals surface area contributed by atoms with Gasteiger partial charge in [0.1, 0.15) is 12.2 Å². The highest BCUT2D eigenvalue weighted by molar-refractivity contribution is 5.75. The fourth-order valence-electron chi connectivity index (χ4n) is 2.28. The van der Waals surface area contributed by atoms with Gasteiger partial charge in [0, 0.05) is 19.6 Å². The smallest absolute Gasteiger partial charge is 0.407 e. The lowest BCUT2D eigenvalue weighted by atomic mass is 10.2. The third-order valence-corrected chi connectivity index (χ3v) is 3.78. The van der Waals surface area contributed by atoms with Crippen LogP contribution in [0, 0.1) is 0 Å². The zero-order valence-corrected chi connectivity index (χ0v) is 18.9. The Morgan fingerprint density at radius 1 is 0.938 bits per heavy atom. The minimum Gasteiger partial charge on any atom is -0.469 e. The molecule has 0 spiro atoms. The van der Waals surface area contributed by atoms with Crippen molar-refractivity contribution in [3.63, 3.8) is 0 Å². The van der Waals surface area contributed by atoms with E-state index in [-0.39, 0.29) is 32.7 Å². The summed E-state index contributed by atoms with van der Waals surface area (Å²) in [4.78, 5) is 47.1. The number of hydrogen-bond acceptors (Lipinski definition) is 7. The minimum atomic E-state index is -0.710. The van der Waals surface area contributed by atoms with Crippen molar-refractivity contribution in [2.45, 2.75) is 45.4 Å². The molecule has 1 aromatic carbocycles. The molecule has 1 aromatic rings. The number of rotatable bonds is 10. The molecule has 32 heavy (non-hydrogen) atoms. The molecule has 0 saturated carbocycles. The van der Waals surface area contributed by atoms with Crippen LogP contribution in [0.2, 0.25) is 0 Å². The number of ether oxygens (including phenoxy) is 3. The van der Waals surface area contributed by atoms with E-state index in [2.05, 4.69) is 26.0 Å². The lowest BCUT2D eigenvalue weighted by Gasteiger charge is -2.23. The molecular weight excluding hydrogens is 420 g/mol. The largest absolute Gasteiger partial charge is 0.469 e. The third-order valence-electron chi connectivity index (χ3n) is 3.78. The Morgan fingerprint density at radius 3 is 2.22 bits per heavy atom. The van der Waals surface area contributed by atoms with E-state index in [0.29, 0.717) is 0 Å². The first-order valence-corrected chi connectivity index (χ1v) is 10.1. The summed E-state index contributed by atoms with van der Waals surface area (Å²) in [6.07, 6.45) is -1.35. The Morgan fingerprint density at radius 2 is 1.59 bits per heavy atom. The summed E-state index contributed by atoms with van der Waals surface area (Å²) in [6, 6.07) is 7.90. The van der Waals surface area contributed by atoms with Gasteiger partial charge in [-0.05, 0) is 26.3 Å². The van der Waals surface area contributed by atoms with Crippen LogP contribution in [0.25, 0.3) is 0 Å². The van der Waals surface area contributed by atoms with E-state index in [1.807, 2.05) is 30.3 Å². The van der Waals surface area contributed by atoms with Crippen LogP contribution in [0.4, 0.5) is 14.4 Å². The van der Waals surface area contributed by atoms with Crippen molar-refractivity contribution in [3.8, 4) is 0 Å². The predicted octanol–water partition coefficient (Wildman–Crippen LogP) is 1.67. The number of esters is 1. The van der Waals surface area contributed by atoms with Crippen molar-refractivity contribution in [2.24, 2.45) is 0 Å². The van der Waals surface area contributed by atoms with Gasteiger partial charge in [-0.3, -0.25) is 4.79 Å². The number of urea groups is 1. The van der Waals surface area contributed by atoms with Crippen LogP contribution in [-0.4, -0.2) is 62.6 Å². The van der Waals surface area contributed by atoms with Crippen molar-refractivity contribution in [1.29, 1.82) is 0 Å². The summed E-state index contributed by atoms with van der Waals surface area (Å²) in [5.41, 5.74) is 0.133. The molecule has 0 fully saturated rings. The van der Waals surface area contributed by atoms with Crippen molar-refractivity contribution >= 4 is 24.2 Å². The summed E-state index contributed by atoms with van der Waals surface area (Å²) in [5.74, 6) is -0.451. The molecule has 0 saturated heterocycles. The maximum absolute atomic E-state index is 12.2. The normalized spacial score (nSPS) is 11.5. The molecule has 0 aliphatic carbocycles. The molecule has 11 heteroatoms. The quantitative estimate of drug-likeness (QED) is 0.312. The fourth-order valence-corrected chi connectivity index (χ4v) is 2.28. The van der Waals surface area contributed by atoms with Gasteiger partial charge in [0.05, 0.1) is 19.6 Å². The highest BCUT2D eigenvalue weighted by Gasteiger charge is 2.19. The summed E-state index contributed by atoms with van der Waals surface area (Å²) in [5, 5.41) is 10.2. The van der Waals surface area contributed by atoms with E-state index in [4.69, 9.17) is 9.47 Å². The number of nitrogens with one attached hydrogen (secondary N) is 4. The van der Waals surface area contributed by atoms with Gasteiger partial charge >= 0.3 is 24.2 Å². The van der Waals surface area contributed by atoms with Crippen LogP contribution in [-0.2, 0) is 25.6 Å². The van der Waals surface area contributed by atoms with Crippen LogP contribution in [0.5, 0.6) is 0 Å². The first-order chi connectivity index (χ1) is 15.1. The van der Waals surface area contributed by atoms with Crippen molar-refractivity contribution in [1.82, 2.24) is 21.3 Å². The van der Waals surface area contributed by atoms with Crippen molar-refractivity contribution in [2.75, 3.05) is 26.7 Å². The molecule has 0 aliphatic heterocycles. The second-order valence-electron chi connectivity index (χ2n) is 7.75. The molecule has 11 nitrogen and oxygen atoms in total. The van der Waals surface area contributed by atoms with E-state index in [0.717, 1.165) is 5.56 Å². The zero-order chi connectivity index (χ0) is 24.0. The summed E-state index contributed by atoms with van der Waals surface area (Å²) >= 11 is 0. The average molecular weight is 453 g/mol. The molecule has 4 amide bonds. The first-order valence-electron chi connectivity index (χ1n) is 10.1. The SMILES string of the molecule is COC(=O)CCNC(=O)NC[C@H](CNC(=O)OC(C)(C)C)NC(=O)OCc1ccccc1. The molecule has 1 rings (SSSR count). The summed E-state index contributed by atoms with van der Waals surface area (Å²) < 4.78 is 14.8. The van der Waals surface area contributed by atoms with Gasteiger partial charge in [0.2, 0.25) is 0 Å². The average Bonchev–Trinajstić information content (AvgIpc) is 2.73. The van der Waals surface area contributed by atoms with E-state index in [9.17, 15) is 19.2 Å². The van der Waals surface area contributed by atoms with Gasteiger partial charge in [-0.1, -0.05) is 30.3 Å². The molecular formula is C21H32N4O7. The molecule has 178 valence electrons. The van der Waals surface area contributed by atoms with Crippen LogP contribution in [0.15, 0.2) is 30.3 Å². The monoisotopic (exact) mass is 452 g/mol. The number of amides is 4. The van der Waals surface area contributed by atoms with E-state index in [1.165, 1.54) is 7.11 Å². The van der Waals surface area contributed by atoms with Crippen LogP contribution >= 0.6 is 0 Å². The zero-order valence-electron chi connectivity index (χ0n) is 18.9. The lowest BCUT2D eigenvalue weighted by molar-refractivity contribution is -0.140. The molecule has 0 heterocycles. The topological polar surface area (TPSA) is 144 Å². The van der Waals surface area contributed by atoms with Crippen molar-refractivity contribution in [3.05, 3.63) is 35.9 Å². The van der Waals surface area contributed by atoms with E-state index in [1.54, 1.807) is 20.8 Å². The number of benzene rings is 1. The van der Waals surface area contributed by atoms with Gasteiger partial charge in [-0.15, -0.1) is 0 Å². The van der Waals surface area contributed by atoms with Crippen molar-refractivity contribution < 1.29 is 33.4 Å². The maximum Gasteiger partial charge on any atom is 0.407 e. The van der Waals surface area contributed by atoms with E-state index < -0.39 is 35.8 Å². The summed E-state index contributed by atoms with van der Waals surface area (Å²) in [6.45, 7) is 5.31. The Bertz CT molecular complexity index is 750. The van der Waals surface area contributed by atoms with Gasteiger partial charge in [-0.2, -0.15) is 0 Å². The standard InChI is InChI=1S/C21H32N4O7/c1-21(2,3)32-19(28)24-13-16(12-23-18(27)22-11-10-17(26)30-4)25-20(29)31-14-15-8-6-5-7-9-15/h5-9,16H,10-14H2,1-4H3,(H,24,28)(H,25,29)(H2,22,23,27)/t16-/m1/s1. The highest BCUT2D eigenvalue weighted by Crippen LogP contribution is 2.06. The van der Waals surface area contributed by atoms with Crippen LogP contribution in [0.1, 0.15) is 32.8 Å². The highest BCUT2D eigenvalue weighted by atomic mass is 16.6. The van der Waals surface area contributed by atoms with Gasteiger partial charge < -0.3 is 35.5 Å². The van der Waals surface area contributed by atoms with Gasteiger partial charge in [0.25, 0.3) is 0 Å². The Hall–Kier alpha value is -3.50. The molecule has 0 aliphatic rings. The second kappa shape index (κ2) is 13.7. The summed E-state index contributed by atoms with van der Waals surface area (Å²) in [7, 11) is 1.26. The van der Waals surface area contributed by atoms with E-state index >= 15 is 0 Å². The Labute approximate surface area is 187 Å². The molecule has 0 aromatic heterocycles. The molecule has 1 atom stereocenters. The maximum atomic E-state index is 12.2. The third kappa shape index (κ3) is 12.9. The number of methoxy groups -OCH3 is 1. The number of carbonyl (C=O) groups excluding carboxylic acids is 4. The number of hydrogen-bond donors (Lipinski definition) is 4. The second-order valence-corrected chi connectivity index (χ2v) is 7.75. The lowest BCUT2D eigenvalue weighted by Crippen LogP contribution is -2.52. The molecule has 0 radical (unpaired) electrons. The molecule has 4 N–H and O–H groups in total. The predicted molar refractivity (Wildman–Crippen MR) is 116 cm³/mol. The molecule has 0 bridgehead atoms. The van der Waals surface area contributed by atoms with Crippen LogP contribution < -0.4 is 21.3 Å². The van der Waals surface area contributed by atoms with Gasteiger partial charge in [0.15, 0.2) is 0 Å². The number of alkyl carbamates (subject to hydrolysis) is 2. The van der Waals surface area contributed by atoms with Gasteiger partial charge in [-0.25, -0.2) is 14.4 Å². The van der Waals surface area contributed by atoms with Crippen LogP contribution in [0.3, 0.4) is 0 Å².